The van der Waals surface area contributed by atoms with Crippen LogP contribution >= 0.6 is 0 Å². The number of hydrogen-bond donors (Lipinski definition) is 0. The Hall–Kier alpha value is -6.25. The highest BCUT2D eigenvalue weighted by Gasteiger charge is 2.30. The minimum atomic E-state index is -0.288. The predicted octanol–water partition coefficient (Wildman–Crippen LogP) is 11.3. The Labute approximate surface area is 428 Å². The molecule has 0 fully saturated rings. The van der Waals surface area contributed by atoms with Crippen LogP contribution in [0.4, 0.5) is 22.7 Å². The van der Waals surface area contributed by atoms with E-state index in [-0.39, 0.29) is 22.8 Å². The Bertz CT molecular complexity index is 2750. The first-order valence-electron chi connectivity index (χ1n) is 26.7. The number of rotatable bonds is 25. The van der Waals surface area contributed by atoms with Crippen LogP contribution in [-0.4, -0.2) is 88.5 Å². The van der Waals surface area contributed by atoms with Gasteiger partial charge < -0.3 is 19.3 Å². The Morgan fingerprint density at radius 1 is 0.681 bits per heavy atom. The van der Waals surface area contributed by atoms with E-state index >= 15 is 0 Å². The summed E-state index contributed by atoms with van der Waals surface area (Å²) in [6, 6.07) is 12.5. The van der Waals surface area contributed by atoms with Gasteiger partial charge in [0, 0.05) is 43.1 Å². The molecular weight excluding hydrogens is 905 g/mol. The number of esters is 1. The van der Waals surface area contributed by atoms with E-state index in [2.05, 4.69) is 87.6 Å². The number of fused-ring (bicyclic) bond motifs is 2. The van der Waals surface area contributed by atoms with Gasteiger partial charge in [-0.15, -0.1) is 0 Å². The maximum Gasteiger partial charge on any atom is 0.317 e. The van der Waals surface area contributed by atoms with Crippen molar-refractivity contribution in [3.63, 3.8) is 0 Å². The lowest BCUT2D eigenvalue weighted by molar-refractivity contribution is -0.140. The van der Waals surface area contributed by atoms with E-state index in [9.17, 15) is 14.4 Å². The van der Waals surface area contributed by atoms with Crippen LogP contribution in [-0.2, 0) is 28.8 Å². The molecule has 0 saturated carbocycles. The van der Waals surface area contributed by atoms with Gasteiger partial charge in [0.1, 0.15) is 11.4 Å². The highest BCUT2D eigenvalue weighted by atomic mass is 16.5. The number of nitrogens with zero attached hydrogens (tertiary/aromatic N) is 10. The molecule has 0 radical (unpaired) electrons. The zero-order valence-corrected chi connectivity index (χ0v) is 45.8. The highest BCUT2D eigenvalue weighted by molar-refractivity contribution is 6.49. The molecule has 15 heteroatoms. The number of methoxy groups -OCH3 is 2. The minimum Gasteiger partial charge on any atom is -0.490 e. The van der Waals surface area contributed by atoms with E-state index in [0.717, 1.165) is 96.9 Å². The van der Waals surface area contributed by atoms with E-state index in [1.807, 2.05) is 39.8 Å². The van der Waals surface area contributed by atoms with Gasteiger partial charge in [-0.1, -0.05) is 92.9 Å². The number of anilines is 2. The van der Waals surface area contributed by atoms with Crippen LogP contribution in [0.3, 0.4) is 0 Å². The number of aliphatic imine (C=N–C) groups is 2. The van der Waals surface area contributed by atoms with Crippen molar-refractivity contribution in [2.45, 2.75) is 166 Å². The van der Waals surface area contributed by atoms with Gasteiger partial charge in [0.2, 0.25) is 5.75 Å². The van der Waals surface area contributed by atoms with E-state index < -0.39 is 0 Å². The van der Waals surface area contributed by atoms with Crippen LogP contribution < -0.4 is 25.7 Å². The number of carbonyl (C=O) groups excluding carboxylic acids is 1. The molecule has 15 nitrogen and oxygen atoms in total. The number of hydrogen-bond acceptors (Lipinski definition) is 13. The fourth-order valence-corrected chi connectivity index (χ4v) is 9.30. The fourth-order valence-electron chi connectivity index (χ4n) is 9.30. The van der Waals surface area contributed by atoms with Crippen molar-refractivity contribution in [1.29, 1.82) is 0 Å². The molecule has 0 spiro atoms. The molecule has 390 valence electrons. The number of benzene rings is 2. The zero-order valence-electron chi connectivity index (χ0n) is 45.8. The minimum absolute atomic E-state index is 0.0834. The Morgan fingerprint density at radius 2 is 1.28 bits per heavy atom. The molecule has 2 aliphatic heterocycles. The molecule has 0 amide bonds. The summed E-state index contributed by atoms with van der Waals surface area (Å²) in [5.74, 6) is 1.55. The van der Waals surface area contributed by atoms with E-state index in [1.165, 1.54) is 61.4 Å². The van der Waals surface area contributed by atoms with E-state index in [4.69, 9.17) is 34.5 Å². The predicted molar refractivity (Wildman–Crippen MR) is 297 cm³/mol. The van der Waals surface area contributed by atoms with Crippen molar-refractivity contribution in [1.82, 2.24) is 19.3 Å². The van der Waals surface area contributed by atoms with Crippen LogP contribution in [0.1, 0.15) is 173 Å². The van der Waals surface area contributed by atoms with Crippen molar-refractivity contribution in [2.24, 2.45) is 26.1 Å². The third-order valence-electron chi connectivity index (χ3n) is 13.7. The van der Waals surface area contributed by atoms with Crippen molar-refractivity contribution in [3.05, 3.63) is 96.8 Å². The molecule has 72 heavy (non-hydrogen) atoms. The van der Waals surface area contributed by atoms with Crippen molar-refractivity contribution in [2.75, 3.05) is 50.2 Å². The lowest BCUT2D eigenvalue weighted by Crippen LogP contribution is -2.27. The van der Waals surface area contributed by atoms with E-state index in [1.54, 1.807) is 0 Å². The number of aryl methyl sites for hydroxylation is 4. The molecule has 0 N–H and O–H groups in total. The molecule has 2 aliphatic rings. The highest BCUT2D eigenvalue weighted by Crippen LogP contribution is 2.30. The number of unbranched alkanes of at least 4 members (excludes halogenated alkanes) is 4. The molecule has 2 aromatic heterocycles. The van der Waals surface area contributed by atoms with Gasteiger partial charge in [0.25, 0.3) is 5.56 Å². The van der Waals surface area contributed by atoms with Crippen LogP contribution in [0.2, 0.25) is 0 Å². The summed E-state index contributed by atoms with van der Waals surface area (Å²) in [6.07, 6.45) is 13.5. The second-order valence-electron chi connectivity index (χ2n) is 18.7. The van der Waals surface area contributed by atoms with Gasteiger partial charge in [-0.05, 0) is 120 Å². The zero-order chi connectivity index (χ0) is 52.5. The SMILES string of the molecule is CCCCC(CC)CC1=Nn2c(nc(CC)c(CC)c2=O)C1=Nc1ccc(N(CC)CCC(=O)OC)cc1C.CCCCCCN(CC)c1ccc(N=C2C(C)=Nn3c2nc(CCC)c(OC)c3=O)c(C)c1. The Kier molecular flexibility index (Phi) is 21.7. The maximum atomic E-state index is 13.4. The summed E-state index contributed by atoms with van der Waals surface area (Å²) < 4.78 is 12.9. The summed E-state index contributed by atoms with van der Waals surface area (Å²) in [7, 11) is 2.91. The lowest BCUT2D eigenvalue weighted by atomic mass is 9.92. The quantitative estimate of drug-likeness (QED) is 0.0465. The summed E-state index contributed by atoms with van der Waals surface area (Å²) in [5, 5.41) is 9.24. The average Bonchev–Trinajstić information content (AvgIpc) is 3.89. The second-order valence-corrected chi connectivity index (χ2v) is 18.7. The molecule has 1 unspecified atom stereocenters. The van der Waals surface area contributed by atoms with Gasteiger partial charge in [-0.25, -0.2) is 20.0 Å². The summed E-state index contributed by atoms with van der Waals surface area (Å²) in [4.78, 5) is 62.2. The van der Waals surface area contributed by atoms with Crippen molar-refractivity contribution < 1.29 is 14.3 Å². The van der Waals surface area contributed by atoms with Crippen molar-refractivity contribution >= 4 is 51.6 Å². The molecular formula is C57H82N10O5. The summed E-state index contributed by atoms with van der Waals surface area (Å²) >= 11 is 0. The van der Waals surface area contributed by atoms with Crippen LogP contribution in [0.25, 0.3) is 0 Å². The van der Waals surface area contributed by atoms with Crippen LogP contribution in [0.5, 0.6) is 5.75 Å². The van der Waals surface area contributed by atoms with Crippen molar-refractivity contribution in [3.8, 4) is 5.75 Å². The summed E-state index contributed by atoms with van der Waals surface area (Å²) in [5.41, 5.74) is 10.7. The number of carbonyl (C=O) groups is 1. The van der Waals surface area contributed by atoms with Gasteiger partial charge in [-0.2, -0.15) is 19.6 Å². The topological polar surface area (TPSA) is 161 Å². The molecule has 1 atom stereocenters. The second kappa shape index (κ2) is 27.5. The maximum absolute atomic E-state index is 13.4. The molecule has 4 aromatic rings. The normalized spacial score (nSPS) is 14.1. The van der Waals surface area contributed by atoms with Gasteiger partial charge in [0.15, 0.2) is 11.6 Å². The molecule has 2 aromatic carbocycles. The molecule has 6 rings (SSSR count). The standard InChI is InChI=1S/C31H45N5O3.C26H37N5O2/c1-8-13-14-22(9-2)20-27-29(30-33-25(11-4)24(10-3)31(38)36(30)34-27)32-26-16-15-23(19-21(26)6)35(12-5)18-17-28(37)39-7;1-7-10-11-12-16-30(9-3)20-14-15-21(18(4)17-20)27-23-19(5)29-31-25(23)28-22(13-8-2)24(33-6)26(31)32/h15-16,19,22H,8-14,17-18,20H2,1-7H3;14-15,17H,7-13,16H2,1-6H3. The van der Waals surface area contributed by atoms with Gasteiger partial charge in [-0.3, -0.25) is 14.4 Å². The molecule has 0 bridgehead atoms. The summed E-state index contributed by atoms with van der Waals surface area (Å²) in [6.45, 7) is 26.4. The van der Waals surface area contributed by atoms with Crippen LogP contribution in [0.15, 0.2) is 66.2 Å². The molecule has 0 saturated heterocycles. The Balaban J connectivity index is 0.000000271. The number of ether oxygens (including phenoxy) is 2. The average molecular weight is 987 g/mol. The molecule has 4 heterocycles. The first-order chi connectivity index (χ1) is 34.7. The van der Waals surface area contributed by atoms with Gasteiger partial charge >= 0.3 is 11.5 Å². The Morgan fingerprint density at radius 3 is 1.82 bits per heavy atom. The third kappa shape index (κ3) is 13.6. The smallest absolute Gasteiger partial charge is 0.317 e. The fraction of sp³-hybridized carbons (Fsp3) is 0.561. The van der Waals surface area contributed by atoms with Gasteiger partial charge in [0.05, 0.1) is 54.8 Å². The first kappa shape index (κ1) is 56.7. The monoisotopic (exact) mass is 987 g/mol. The number of aromatic nitrogens is 4. The largest absolute Gasteiger partial charge is 0.490 e. The molecule has 0 aliphatic carbocycles. The lowest BCUT2D eigenvalue weighted by Gasteiger charge is -2.24. The van der Waals surface area contributed by atoms with E-state index in [0.29, 0.717) is 72.6 Å². The first-order valence-corrected chi connectivity index (χ1v) is 26.7. The van der Waals surface area contributed by atoms with Crippen LogP contribution in [0, 0.1) is 19.8 Å². The third-order valence-corrected chi connectivity index (χ3v) is 13.7.